The fourth-order valence-electron chi connectivity index (χ4n) is 1.92. The summed E-state index contributed by atoms with van der Waals surface area (Å²) in [5.74, 6) is 0.198. The number of hydrogen-bond donors (Lipinski definition) is 1. The molecule has 0 spiro atoms. The summed E-state index contributed by atoms with van der Waals surface area (Å²) in [4.78, 5) is 0. The van der Waals surface area contributed by atoms with Crippen molar-refractivity contribution in [2.24, 2.45) is 5.73 Å². The number of rotatable bonds is 5. The minimum atomic E-state index is -3.12. The molecule has 1 aliphatic rings. The zero-order valence-electron chi connectivity index (χ0n) is 10.1. The van der Waals surface area contributed by atoms with Crippen LogP contribution in [0.25, 0.3) is 0 Å². The highest BCUT2D eigenvalue weighted by Crippen LogP contribution is 2.15. The highest BCUT2D eigenvalue weighted by molar-refractivity contribution is 7.89. The van der Waals surface area contributed by atoms with Crippen LogP contribution in [0.15, 0.2) is 0 Å². The summed E-state index contributed by atoms with van der Waals surface area (Å²) >= 11 is 0. The van der Waals surface area contributed by atoms with Crippen molar-refractivity contribution in [1.29, 1.82) is 0 Å². The van der Waals surface area contributed by atoms with Crippen molar-refractivity contribution in [3.8, 4) is 0 Å². The van der Waals surface area contributed by atoms with E-state index in [0.29, 0.717) is 26.1 Å². The first kappa shape index (κ1) is 13.9. The van der Waals surface area contributed by atoms with Crippen LogP contribution in [0.4, 0.5) is 0 Å². The third-order valence-corrected chi connectivity index (χ3v) is 4.53. The van der Waals surface area contributed by atoms with Crippen LogP contribution in [0, 0.1) is 0 Å². The Hall–Kier alpha value is -0.170. The SMILES string of the molecule is C[C@@H]1CN(S(=O)(=O)CCCCN)C[C@H](C)O1. The first-order valence-corrected chi connectivity index (χ1v) is 7.40. The van der Waals surface area contributed by atoms with Crippen molar-refractivity contribution in [2.75, 3.05) is 25.4 Å². The van der Waals surface area contributed by atoms with Crippen LogP contribution < -0.4 is 5.73 Å². The topological polar surface area (TPSA) is 72.6 Å². The molecule has 5 nitrogen and oxygen atoms in total. The molecule has 0 aromatic carbocycles. The highest BCUT2D eigenvalue weighted by Gasteiger charge is 2.30. The van der Waals surface area contributed by atoms with Gasteiger partial charge in [-0.1, -0.05) is 0 Å². The summed E-state index contributed by atoms with van der Waals surface area (Å²) in [5.41, 5.74) is 5.35. The number of nitrogens with two attached hydrogens (primary N) is 1. The second-order valence-electron chi connectivity index (χ2n) is 4.39. The Morgan fingerprint density at radius 3 is 2.31 bits per heavy atom. The predicted octanol–water partition coefficient (Wildman–Crippen LogP) is 0.164. The maximum Gasteiger partial charge on any atom is 0.214 e. The number of nitrogens with zero attached hydrogens (tertiary/aromatic N) is 1. The van der Waals surface area contributed by atoms with Crippen molar-refractivity contribution in [3.63, 3.8) is 0 Å². The van der Waals surface area contributed by atoms with E-state index in [-0.39, 0.29) is 18.0 Å². The lowest BCUT2D eigenvalue weighted by atomic mass is 10.3. The molecule has 6 heteroatoms. The minimum Gasteiger partial charge on any atom is -0.373 e. The van der Waals surface area contributed by atoms with E-state index in [0.717, 1.165) is 6.42 Å². The molecule has 0 radical (unpaired) electrons. The van der Waals surface area contributed by atoms with E-state index >= 15 is 0 Å². The molecule has 0 aromatic rings. The van der Waals surface area contributed by atoms with Gasteiger partial charge in [0.15, 0.2) is 0 Å². The molecule has 0 saturated carbocycles. The molecule has 16 heavy (non-hydrogen) atoms. The van der Waals surface area contributed by atoms with Gasteiger partial charge in [-0.15, -0.1) is 0 Å². The maximum absolute atomic E-state index is 12.0. The number of ether oxygens (including phenoxy) is 1. The molecule has 1 saturated heterocycles. The van der Waals surface area contributed by atoms with Crippen LogP contribution in [0.5, 0.6) is 0 Å². The van der Waals surface area contributed by atoms with Gasteiger partial charge in [-0.25, -0.2) is 8.42 Å². The van der Waals surface area contributed by atoms with Gasteiger partial charge in [0.1, 0.15) is 0 Å². The Bertz CT molecular complexity index is 295. The Balaban J connectivity index is 2.53. The molecule has 2 atom stereocenters. The van der Waals surface area contributed by atoms with Gasteiger partial charge in [-0.05, 0) is 33.2 Å². The molecule has 0 unspecified atom stereocenters. The van der Waals surface area contributed by atoms with E-state index in [4.69, 9.17) is 10.5 Å². The Labute approximate surface area is 98.0 Å². The fraction of sp³-hybridized carbons (Fsp3) is 1.00. The molecule has 0 amide bonds. The molecule has 1 fully saturated rings. The number of morpholine rings is 1. The zero-order chi connectivity index (χ0) is 12.2. The van der Waals surface area contributed by atoms with E-state index in [1.165, 1.54) is 0 Å². The van der Waals surface area contributed by atoms with E-state index in [9.17, 15) is 8.42 Å². The lowest BCUT2D eigenvalue weighted by Gasteiger charge is -2.34. The van der Waals surface area contributed by atoms with Crippen molar-refractivity contribution >= 4 is 10.0 Å². The van der Waals surface area contributed by atoms with Crippen molar-refractivity contribution < 1.29 is 13.2 Å². The van der Waals surface area contributed by atoms with Crippen LogP contribution in [0.2, 0.25) is 0 Å². The lowest BCUT2D eigenvalue weighted by molar-refractivity contribution is -0.0440. The third kappa shape index (κ3) is 4.01. The van der Waals surface area contributed by atoms with Crippen molar-refractivity contribution in [2.45, 2.75) is 38.9 Å². The third-order valence-electron chi connectivity index (χ3n) is 2.64. The monoisotopic (exact) mass is 250 g/mol. The lowest BCUT2D eigenvalue weighted by Crippen LogP contribution is -2.48. The van der Waals surface area contributed by atoms with Gasteiger partial charge in [0.2, 0.25) is 10.0 Å². The molecule has 1 heterocycles. The molecule has 0 aromatic heterocycles. The van der Waals surface area contributed by atoms with Crippen LogP contribution in [0.3, 0.4) is 0 Å². The molecular formula is C10H22N2O3S. The summed E-state index contributed by atoms with van der Waals surface area (Å²) in [6.45, 7) is 5.28. The maximum atomic E-state index is 12.0. The normalized spacial score (nSPS) is 28.2. The summed E-state index contributed by atoms with van der Waals surface area (Å²) in [6, 6.07) is 0. The van der Waals surface area contributed by atoms with E-state index in [1.54, 1.807) is 4.31 Å². The highest BCUT2D eigenvalue weighted by atomic mass is 32.2. The van der Waals surface area contributed by atoms with Gasteiger partial charge >= 0.3 is 0 Å². The quantitative estimate of drug-likeness (QED) is 0.706. The summed E-state index contributed by atoms with van der Waals surface area (Å²) < 4.78 is 31.0. The van der Waals surface area contributed by atoms with Gasteiger partial charge in [0.25, 0.3) is 0 Å². The minimum absolute atomic E-state index is 0.0203. The van der Waals surface area contributed by atoms with Crippen molar-refractivity contribution in [1.82, 2.24) is 4.31 Å². The summed E-state index contributed by atoms with van der Waals surface area (Å²) in [5, 5.41) is 0. The molecular weight excluding hydrogens is 228 g/mol. The second kappa shape index (κ2) is 5.95. The molecule has 0 aliphatic carbocycles. The summed E-state index contributed by atoms with van der Waals surface area (Å²) in [6.07, 6.45) is 1.36. The number of hydrogen-bond acceptors (Lipinski definition) is 4. The van der Waals surface area contributed by atoms with Gasteiger partial charge in [0.05, 0.1) is 18.0 Å². The molecule has 2 N–H and O–H groups in total. The average molecular weight is 250 g/mol. The van der Waals surface area contributed by atoms with E-state index < -0.39 is 10.0 Å². The van der Waals surface area contributed by atoms with Crippen LogP contribution >= 0.6 is 0 Å². The zero-order valence-corrected chi connectivity index (χ0v) is 10.9. The predicted molar refractivity (Wildman–Crippen MR) is 63.7 cm³/mol. The first-order chi connectivity index (χ1) is 7.45. The Morgan fingerprint density at radius 2 is 1.81 bits per heavy atom. The van der Waals surface area contributed by atoms with Gasteiger partial charge in [0, 0.05) is 13.1 Å². The van der Waals surface area contributed by atoms with E-state index in [2.05, 4.69) is 0 Å². The number of unbranched alkanes of at least 4 members (excludes halogenated alkanes) is 1. The van der Waals surface area contributed by atoms with Gasteiger partial charge < -0.3 is 10.5 Å². The standard InChI is InChI=1S/C10H22N2O3S/c1-9-7-12(8-10(2)15-9)16(13,14)6-4-3-5-11/h9-10H,3-8,11H2,1-2H3/t9-,10+. The average Bonchev–Trinajstić information content (AvgIpc) is 2.16. The van der Waals surface area contributed by atoms with Gasteiger partial charge in [-0.3, -0.25) is 0 Å². The summed E-state index contributed by atoms with van der Waals surface area (Å²) in [7, 11) is -3.12. The Kier molecular flexibility index (Phi) is 5.17. The molecule has 1 rings (SSSR count). The fourth-order valence-corrected chi connectivity index (χ4v) is 3.62. The number of sulfonamides is 1. The second-order valence-corrected chi connectivity index (χ2v) is 6.47. The van der Waals surface area contributed by atoms with Crippen LogP contribution in [-0.2, 0) is 14.8 Å². The van der Waals surface area contributed by atoms with Crippen molar-refractivity contribution in [3.05, 3.63) is 0 Å². The smallest absolute Gasteiger partial charge is 0.214 e. The van der Waals surface area contributed by atoms with Crippen LogP contribution in [0.1, 0.15) is 26.7 Å². The van der Waals surface area contributed by atoms with Crippen LogP contribution in [-0.4, -0.2) is 50.3 Å². The molecule has 0 bridgehead atoms. The van der Waals surface area contributed by atoms with E-state index in [1.807, 2.05) is 13.8 Å². The largest absolute Gasteiger partial charge is 0.373 e. The van der Waals surface area contributed by atoms with Gasteiger partial charge in [-0.2, -0.15) is 4.31 Å². The molecule has 96 valence electrons. The Morgan fingerprint density at radius 1 is 1.25 bits per heavy atom. The molecule has 1 aliphatic heterocycles. The first-order valence-electron chi connectivity index (χ1n) is 5.79.